The first-order valence-electron chi connectivity index (χ1n) is 3.49. The summed E-state index contributed by atoms with van der Waals surface area (Å²) in [6.45, 7) is 3.23. The van der Waals surface area contributed by atoms with Crippen LogP contribution in [0.5, 0.6) is 5.75 Å². The zero-order valence-electron chi connectivity index (χ0n) is 6.70. The molecule has 0 atom stereocenters. The monoisotopic (exact) mass is 242 g/mol. The van der Waals surface area contributed by atoms with Gasteiger partial charge < -0.3 is 0 Å². The molecule has 0 N–H and O–H groups in total. The van der Waals surface area contributed by atoms with Crippen LogP contribution < -0.4 is 4.89 Å². The summed E-state index contributed by atoms with van der Waals surface area (Å²) in [5.41, 5.74) is 0. The van der Waals surface area contributed by atoms with E-state index in [1.165, 1.54) is 0 Å². The van der Waals surface area contributed by atoms with E-state index in [1.807, 2.05) is 6.07 Å². The number of benzene rings is 1. The van der Waals surface area contributed by atoms with Crippen molar-refractivity contribution >= 4 is 21.9 Å². The van der Waals surface area contributed by atoms with Gasteiger partial charge in [0.25, 0.3) is 0 Å². The van der Waals surface area contributed by atoms with Gasteiger partial charge in [-0.1, -0.05) is 18.7 Å². The average molecular weight is 243 g/mol. The molecule has 0 bridgehead atoms. The van der Waals surface area contributed by atoms with Crippen LogP contribution in [0, 0.1) is 0 Å². The smallest absolute Gasteiger partial charge is 0.285 e. The second kappa shape index (κ2) is 4.67. The third-order valence-electron chi connectivity index (χ3n) is 1.22. The van der Waals surface area contributed by atoms with Crippen LogP contribution in [-0.2, 0) is 9.68 Å². The van der Waals surface area contributed by atoms with Crippen molar-refractivity contribution in [2.24, 2.45) is 0 Å². The van der Waals surface area contributed by atoms with Crippen LogP contribution in [0.3, 0.4) is 0 Å². The van der Waals surface area contributed by atoms with E-state index in [4.69, 9.17) is 4.89 Å². The molecule has 1 rings (SSSR count). The number of hydrogen-bond donors (Lipinski definition) is 0. The summed E-state index contributed by atoms with van der Waals surface area (Å²) < 4.78 is 0.715. The first-order valence-corrected chi connectivity index (χ1v) is 4.29. The SMILES string of the molecule is C=CC(=O)OOc1ccccc1Br. The van der Waals surface area contributed by atoms with Crippen LogP contribution >= 0.6 is 15.9 Å². The highest BCUT2D eigenvalue weighted by Crippen LogP contribution is 2.23. The molecule has 1 aromatic carbocycles. The molecule has 0 heterocycles. The van der Waals surface area contributed by atoms with Crippen molar-refractivity contribution in [1.82, 2.24) is 0 Å². The highest BCUT2D eigenvalue weighted by Gasteiger charge is 2.02. The molecule has 0 amide bonds. The van der Waals surface area contributed by atoms with Crippen molar-refractivity contribution in [1.29, 1.82) is 0 Å². The minimum atomic E-state index is -0.629. The Kier molecular flexibility index (Phi) is 3.52. The molecular formula is C9H7BrO3. The zero-order valence-corrected chi connectivity index (χ0v) is 8.28. The number of para-hydroxylation sites is 1. The second-order valence-electron chi connectivity index (χ2n) is 2.12. The number of rotatable bonds is 3. The molecule has 0 radical (unpaired) electrons. The molecule has 0 aliphatic carbocycles. The van der Waals surface area contributed by atoms with Crippen LogP contribution in [0.4, 0.5) is 0 Å². The van der Waals surface area contributed by atoms with Crippen LogP contribution in [0.25, 0.3) is 0 Å². The molecule has 3 nitrogen and oxygen atoms in total. The van der Waals surface area contributed by atoms with E-state index in [1.54, 1.807) is 18.2 Å². The van der Waals surface area contributed by atoms with E-state index in [0.717, 1.165) is 6.08 Å². The van der Waals surface area contributed by atoms with E-state index in [-0.39, 0.29) is 0 Å². The Labute approximate surface area is 84.0 Å². The molecule has 4 heteroatoms. The van der Waals surface area contributed by atoms with Gasteiger partial charge in [-0.3, -0.25) is 4.89 Å². The van der Waals surface area contributed by atoms with Gasteiger partial charge in [-0.15, -0.1) is 0 Å². The molecule has 0 spiro atoms. The largest absolute Gasteiger partial charge is 0.378 e. The minimum absolute atomic E-state index is 0.442. The van der Waals surface area contributed by atoms with Crippen LogP contribution in [-0.4, -0.2) is 5.97 Å². The predicted molar refractivity (Wildman–Crippen MR) is 51.1 cm³/mol. The molecule has 0 aliphatic heterocycles. The maximum Gasteiger partial charge on any atom is 0.378 e. The van der Waals surface area contributed by atoms with Crippen molar-refractivity contribution in [3.05, 3.63) is 41.4 Å². The highest BCUT2D eigenvalue weighted by molar-refractivity contribution is 9.10. The standard InChI is InChI=1S/C9H7BrO3/c1-2-9(11)13-12-8-6-4-3-5-7(8)10/h2-6H,1H2. The molecular weight excluding hydrogens is 236 g/mol. The quantitative estimate of drug-likeness (QED) is 0.464. The van der Waals surface area contributed by atoms with Crippen LogP contribution in [0.15, 0.2) is 41.4 Å². The second-order valence-corrected chi connectivity index (χ2v) is 2.97. The van der Waals surface area contributed by atoms with Gasteiger partial charge in [-0.05, 0) is 28.1 Å². The number of halogens is 1. The molecule has 1 aromatic rings. The van der Waals surface area contributed by atoms with Gasteiger partial charge in [0, 0.05) is 6.08 Å². The summed E-state index contributed by atoms with van der Waals surface area (Å²) in [6, 6.07) is 7.03. The molecule has 0 saturated carbocycles. The van der Waals surface area contributed by atoms with Crippen molar-refractivity contribution in [3.8, 4) is 5.75 Å². The first-order chi connectivity index (χ1) is 6.24. The molecule has 0 saturated heterocycles. The molecule has 0 unspecified atom stereocenters. The summed E-state index contributed by atoms with van der Waals surface area (Å²) in [6.07, 6.45) is 1.02. The van der Waals surface area contributed by atoms with Gasteiger partial charge in [0.2, 0.25) is 0 Å². The van der Waals surface area contributed by atoms with Crippen molar-refractivity contribution in [2.45, 2.75) is 0 Å². The summed E-state index contributed by atoms with van der Waals surface area (Å²) in [4.78, 5) is 19.7. The number of carbonyl (C=O) groups is 1. The summed E-state index contributed by atoms with van der Waals surface area (Å²) in [5.74, 6) is -0.187. The lowest BCUT2D eigenvalue weighted by Gasteiger charge is -2.03. The Balaban J connectivity index is 2.59. The van der Waals surface area contributed by atoms with E-state index >= 15 is 0 Å². The fourth-order valence-electron chi connectivity index (χ4n) is 0.632. The average Bonchev–Trinajstić information content (AvgIpc) is 2.16. The van der Waals surface area contributed by atoms with Gasteiger partial charge in [-0.2, -0.15) is 0 Å². The highest BCUT2D eigenvalue weighted by atomic mass is 79.9. The van der Waals surface area contributed by atoms with Crippen molar-refractivity contribution in [2.75, 3.05) is 0 Å². The fraction of sp³-hybridized carbons (Fsp3) is 0. The molecule has 0 aromatic heterocycles. The van der Waals surface area contributed by atoms with E-state index in [0.29, 0.717) is 10.2 Å². The lowest BCUT2D eigenvalue weighted by atomic mass is 10.3. The first kappa shape index (κ1) is 9.80. The number of carbonyl (C=O) groups excluding carboxylic acids is 1. The molecule has 0 aliphatic rings. The molecule has 13 heavy (non-hydrogen) atoms. The predicted octanol–water partition coefficient (Wildman–Crippen LogP) is 2.47. The van der Waals surface area contributed by atoms with Gasteiger partial charge in [0.1, 0.15) is 0 Å². The van der Waals surface area contributed by atoms with E-state index < -0.39 is 5.97 Å². The summed E-state index contributed by atoms with van der Waals surface area (Å²) in [5, 5.41) is 0. The van der Waals surface area contributed by atoms with E-state index in [2.05, 4.69) is 27.4 Å². The summed E-state index contributed by atoms with van der Waals surface area (Å²) >= 11 is 3.23. The lowest BCUT2D eigenvalue weighted by Crippen LogP contribution is -2.04. The zero-order chi connectivity index (χ0) is 9.68. The molecule has 68 valence electrons. The lowest BCUT2D eigenvalue weighted by molar-refractivity contribution is -0.207. The Morgan fingerprint density at radius 1 is 1.46 bits per heavy atom. The Bertz CT molecular complexity index is 322. The third-order valence-corrected chi connectivity index (χ3v) is 1.87. The number of hydrogen-bond acceptors (Lipinski definition) is 3. The van der Waals surface area contributed by atoms with Crippen LogP contribution in [0.1, 0.15) is 0 Å². The normalized spacial score (nSPS) is 9.00. The van der Waals surface area contributed by atoms with Crippen molar-refractivity contribution < 1.29 is 14.6 Å². The topological polar surface area (TPSA) is 35.5 Å². The minimum Gasteiger partial charge on any atom is -0.285 e. The summed E-state index contributed by atoms with van der Waals surface area (Å²) in [7, 11) is 0. The Morgan fingerprint density at radius 2 is 2.15 bits per heavy atom. The Hall–Kier alpha value is -1.29. The Morgan fingerprint density at radius 3 is 2.77 bits per heavy atom. The third kappa shape index (κ3) is 2.91. The van der Waals surface area contributed by atoms with Gasteiger partial charge in [0.15, 0.2) is 5.75 Å². The fourth-order valence-corrected chi connectivity index (χ4v) is 0.983. The maximum absolute atomic E-state index is 10.6. The van der Waals surface area contributed by atoms with E-state index in [9.17, 15) is 4.79 Å². The van der Waals surface area contributed by atoms with Gasteiger partial charge >= 0.3 is 5.97 Å². The van der Waals surface area contributed by atoms with Gasteiger partial charge in [-0.25, -0.2) is 9.68 Å². The van der Waals surface area contributed by atoms with Crippen LogP contribution in [0.2, 0.25) is 0 Å². The molecule has 0 fully saturated rings. The maximum atomic E-state index is 10.6. The van der Waals surface area contributed by atoms with Gasteiger partial charge in [0.05, 0.1) is 4.47 Å². The van der Waals surface area contributed by atoms with Crippen molar-refractivity contribution in [3.63, 3.8) is 0 Å².